The number of ether oxygens (including phenoxy) is 1. The SMILES string of the molecule is C[C@@H]1CCCCCCCC(=O)O1. The van der Waals surface area contributed by atoms with E-state index in [1.807, 2.05) is 6.92 Å². The summed E-state index contributed by atoms with van der Waals surface area (Å²) in [4.78, 5) is 11.1. The lowest BCUT2D eigenvalue weighted by atomic mass is 10.1. The van der Waals surface area contributed by atoms with E-state index < -0.39 is 0 Å². The van der Waals surface area contributed by atoms with E-state index in [1.54, 1.807) is 0 Å². The zero-order valence-electron chi connectivity index (χ0n) is 7.84. The van der Waals surface area contributed by atoms with Crippen molar-refractivity contribution in [2.75, 3.05) is 0 Å². The van der Waals surface area contributed by atoms with E-state index >= 15 is 0 Å². The first kappa shape index (κ1) is 9.56. The number of carbonyl (C=O) groups excluding carboxylic acids is 1. The van der Waals surface area contributed by atoms with Gasteiger partial charge in [-0.3, -0.25) is 4.79 Å². The first-order valence-corrected chi connectivity index (χ1v) is 4.98. The molecule has 0 amide bonds. The fourth-order valence-corrected chi connectivity index (χ4v) is 1.57. The maximum absolute atomic E-state index is 11.1. The van der Waals surface area contributed by atoms with Gasteiger partial charge >= 0.3 is 5.97 Å². The van der Waals surface area contributed by atoms with Crippen LogP contribution in [0, 0.1) is 0 Å². The van der Waals surface area contributed by atoms with E-state index in [0.29, 0.717) is 6.42 Å². The molecule has 1 fully saturated rings. The van der Waals surface area contributed by atoms with Crippen LogP contribution < -0.4 is 0 Å². The normalized spacial score (nSPS) is 27.8. The molecule has 2 heteroatoms. The highest BCUT2D eigenvalue weighted by Crippen LogP contribution is 2.13. The maximum atomic E-state index is 11.1. The van der Waals surface area contributed by atoms with Crippen LogP contribution in [0.2, 0.25) is 0 Å². The molecule has 1 rings (SSSR count). The molecule has 0 bridgehead atoms. The molecule has 1 saturated heterocycles. The van der Waals surface area contributed by atoms with Crippen LogP contribution in [-0.4, -0.2) is 12.1 Å². The molecule has 0 radical (unpaired) electrons. The maximum Gasteiger partial charge on any atom is 0.306 e. The van der Waals surface area contributed by atoms with Crippen molar-refractivity contribution in [1.29, 1.82) is 0 Å². The Balaban J connectivity index is 2.29. The lowest BCUT2D eigenvalue weighted by molar-refractivity contribution is -0.148. The second kappa shape index (κ2) is 5.18. The van der Waals surface area contributed by atoms with Crippen molar-refractivity contribution >= 4 is 5.97 Å². The molecule has 70 valence electrons. The molecule has 1 aliphatic rings. The summed E-state index contributed by atoms with van der Waals surface area (Å²) >= 11 is 0. The predicted molar refractivity (Wildman–Crippen MR) is 47.9 cm³/mol. The minimum atomic E-state index is -0.00981. The number of rotatable bonds is 0. The molecular weight excluding hydrogens is 152 g/mol. The monoisotopic (exact) mass is 170 g/mol. The van der Waals surface area contributed by atoms with E-state index in [4.69, 9.17) is 4.74 Å². The third-order valence-electron chi connectivity index (χ3n) is 2.32. The average Bonchev–Trinajstić information content (AvgIpc) is 2.02. The predicted octanol–water partition coefficient (Wildman–Crippen LogP) is 2.66. The second-order valence-electron chi connectivity index (χ2n) is 3.61. The molecule has 0 aromatic heterocycles. The summed E-state index contributed by atoms with van der Waals surface area (Å²) in [6.07, 6.45) is 7.75. The van der Waals surface area contributed by atoms with Crippen LogP contribution in [0.3, 0.4) is 0 Å². The molecule has 0 aromatic rings. The van der Waals surface area contributed by atoms with Crippen LogP contribution in [0.4, 0.5) is 0 Å². The Morgan fingerprint density at radius 1 is 1.17 bits per heavy atom. The van der Waals surface area contributed by atoms with Crippen molar-refractivity contribution in [2.24, 2.45) is 0 Å². The van der Waals surface area contributed by atoms with E-state index in [9.17, 15) is 4.79 Å². The summed E-state index contributed by atoms with van der Waals surface area (Å²) < 4.78 is 5.19. The summed E-state index contributed by atoms with van der Waals surface area (Å²) in [7, 11) is 0. The van der Waals surface area contributed by atoms with Crippen LogP contribution in [0.5, 0.6) is 0 Å². The fraction of sp³-hybridized carbons (Fsp3) is 0.900. The Morgan fingerprint density at radius 3 is 2.67 bits per heavy atom. The summed E-state index contributed by atoms with van der Waals surface area (Å²) in [5.74, 6) is -0.00981. The van der Waals surface area contributed by atoms with Crippen LogP contribution in [-0.2, 0) is 9.53 Å². The van der Waals surface area contributed by atoms with E-state index in [0.717, 1.165) is 12.8 Å². The molecule has 0 aromatic carbocycles. The molecular formula is C10H18O2. The fourth-order valence-electron chi connectivity index (χ4n) is 1.57. The highest BCUT2D eigenvalue weighted by molar-refractivity contribution is 5.69. The van der Waals surface area contributed by atoms with Crippen LogP contribution in [0.1, 0.15) is 51.9 Å². The quantitative estimate of drug-likeness (QED) is 0.522. The zero-order chi connectivity index (χ0) is 8.81. The van der Waals surface area contributed by atoms with Crippen LogP contribution in [0.25, 0.3) is 0 Å². The van der Waals surface area contributed by atoms with Crippen molar-refractivity contribution in [3.63, 3.8) is 0 Å². The number of hydrogen-bond donors (Lipinski definition) is 0. The van der Waals surface area contributed by atoms with Gasteiger partial charge in [0.1, 0.15) is 0 Å². The van der Waals surface area contributed by atoms with Gasteiger partial charge in [0.15, 0.2) is 0 Å². The Kier molecular flexibility index (Phi) is 4.12. The average molecular weight is 170 g/mol. The van der Waals surface area contributed by atoms with E-state index in [-0.39, 0.29) is 12.1 Å². The summed E-state index contributed by atoms with van der Waals surface area (Å²) in [5, 5.41) is 0. The Labute approximate surface area is 74.3 Å². The van der Waals surface area contributed by atoms with Crippen molar-refractivity contribution in [3.05, 3.63) is 0 Å². The summed E-state index contributed by atoms with van der Waals surface area (Å²) in [6, 6.07) is 0. The molecule has 0 N–H and O–H groups in total. The van der Waals surface area contributed by atoms with Crippen molar-refractivity contribution in [2.45, 2.75) is 58.0 Å². The third-order valence-corrected chi connectivity index (χ3v) is 2.32. The van der Waals surface area contributed by atoms with Gasteiger partial charge < -0.3 is 4.74 Å². The van der Waals surface area contributed by atoms with Gasteiger partial charge in [0.05, 0.1) is 6.10 Å². The zero-order valence-corrected chi connectivity index (χ0v) is 7.84. The van der Waals surface area contributed by atoms with Crippen LogP contribution in [0.15, 0.2) is 0 Å². The molecule has 0 aliphatic carbocycles. The number of hydrogen-bond acceptors (Lipinski definition) is 2. The standard InChI is InChI=1S/C10H18O2/c1-9-7-5-3-2-4-6-8-10(11)12-9/h9H,2-8H2,1H3/t9-/m1/s1. The van der Waals surface area contributed by atoms with Gasteiger partial charge in [-0.25, -0.2) is 0 Å². The van der Waals surface area contributed by atoms with Gasteiger partial charge in [0.2, 0.25) is 0 Å². The third kappa shape index (κ3) is 3.74. The van der Waals surface area contributed by atoms with Crippen molar-refractivity contribution in [3.8, 4) is 0 Å². The van der Waals surface area contributed by atoms with Gasteiger partial charge in [-0.2, -0.15) is 0 Å². The Morgan fingerprint density at radius 2 is 1.83 bits per heavy atom. The van der Waals surface area contributed by atoms with Gasteiger partial charge in [0, 0.05) is 6.42 Å². The number of esters is 1. The minimum Gasteiger partial charge on any atom is -0.463 e. The number of carbonyl (C=O) groups is 1. The van der Waals surface area contributed by atoms with Crippen molar-refractivity contribution < 1.29 is 9.53 Å². The summed E-state index contributed by atoms with van der Waals surface area (Å²) in [5.41, 5.74) is 0. The number of cyclic esters (lactones) is 1. The van der Waals surface area contributed by atoms with Crippen molar-refractivity contribution in [1.82, 2.24) is 0 Å². The van der Waals surface area contributed by atoms with Gasteiger partial charge in [-0.05, 0) is 26.2 Å². The molecule has 0 unspecified atom stereocenters. The van der Waals surface area contributed by atoms with E-state index in [2.05, 4.69) is 0 Å². The Hall–Kier alpha value is -0.530. The van der Waals surface area contributed by atoms with Gasteiger partial charge in [-0.15, -0.1) is 0 Å². The highest BCUT2D eigenvalue weighted by Gasteiger charge is 2.10. The van der Waals surface area contributed by atoms with Gasteiger partial charge in [0.25, 0.3) is 0 Å². The first-order valence-electron chi connectivity index (χ1n) is 4.98. The van der Waals surface area contributed by atoms with Gasteiger partial charge in [-0.1, -0.05) is 19.3 Å². The molecule has 0 saturated carbocycles. The second-order valence-corrected chi connectivity index (χ2v) is 3.61. The van der Waals surface area contributed by atoms with Crippen LogP contribution >= 0.6 is 0 Å². The molecule has 12 heavy (non-hydrogen) atoms. The molecule has 0 spiro atoms. The summed E-state index contributed by atoms with van der Waals surface area (Å²) in [6.45, 7) is 1.99. The molecule has 1 heterocycles. The van der Waals surface area contributed by atoms with E-state index in [1.165, 1.54) is 25.7 Å². The topological polar surface area (TPSA) is 26.3 Å². The first-order chi connectivity index (χ1) is 5.79. The lowest BCUT2D eigenvalue weighted by Crippen LogP contribution is -2.15. The largest absolute Gasteiger partial charge is 0.463 e. The minimum absolute atomic E-state index is 0.00981. The Bertz CT molecular complexity index is 143. The molecule has 2 nitrogen and oxygen atoms in total. The highest BCUT2D eigenvalue weighted by atomic mass is 16.5. The lowest BCUT2D eigenvalue weighted by Gasteiger charge is -2.14. The molecule has 1 atom stereocenters. The smallest absolute Gasteiger partial charge is 0.306 e. The molecule has 1 aliphatic heterocycles.